The van der Waals surface area contributed by atoms with Crippen LogP contribution >= 0.6 is 0 Å². The van der Waals surface area contributed by atoms with Gasteiger partial charge in [-0.15, -0.1) is 0 Å². The van der Waals surface area contributed by atoms with Gasteiger partial charge in [0.2, 0.25) is 0 Å². The van der Waals surface area contributed by atoms with Crippen molar-refractivity contribution in [2.45, 2.75) is 26.4 Å². The first-order valence-electron chi connectivity index (χ1n) is 3.64. The van der Waals surface area contributed by atoms with Crippen LogP contribution in [0.4, 0.5) is 0 Å². The Morgan fingerprint density at radius 3 is 2.64 bits per heavy atom. The van der Waals surface area contributed by atoms with Gasteiger partial charge >= 0.3 is 0 Å². The summed E-state index contributed by atoms with van der Waals surface area (Å²) in [6.45, 7) is 3.63. The predicted octanol–water partition coefficient (Wildman–Crippen LogP) is 0.708. The number of hydrogen-bond donors (Lipinski definition) is 1. The molecule has 0 aliphatic heterocycles. The molecule has 0 aromatic carbocycles. The van der Waals surface area contributed by atoms with Crippen molar-refractivity contribution in [1.82, 2.24) is 9.97 Å². The van der Waals surface area contributed by atoms with Crippen LogP contribution in [0.5, 0.6) is 0 Å². The van der Waals surface area contributed by atoms with Crippen LogP contribution in [0.1, 0.15) is 18.3 Å². The van der Waals surface area contributed by atoms with Gasteiger partial charge in [0, 0.05) is 18.8 Å². The van der Waals surface area contributed by atoms with Gasteiger partial charge in [-0.1, -0.05) is 0 Å². The van der Waals surface area contributed by atoms with Crippen molar-refractivity contribution in [3.8, 4) is 0 Å². The SMILES string of the molecule is Cc1cnc(C[C@@H](C)O)cn1. The first kappa shape index (κ1) is 8.14. The molecule has 1 aromatic rings. The van der Waals surface area contributed by atoms with Gasteiger partial charge < -0.3 is 5.11 Å². The molecule has 11 heavy (non-hydrogen) atoms. The fourth-order valence-corrected chi connectivity index (χ4v) is 0.827. The van der Waals surface area contributed by atoms with E-state index in [1.165, 1.54) is 0 Å². The van der Waals surface area contributed by atoms with Crippen molar-refractivity contribution in [2.75, 3.05) is 0 Å². The molecule has 1 aromatic heterocycles. The lowest BCUT2D eigenvalue weighted by molar-refractivity contribution is 0.194. The van der Waals surface area contributed by atoms with Crippen LogP contribution in [-0.4, -0.2) is 21.2 Å². The molecule has 1 heterocycles. The zero-order valence-electron chi connectivity index (χ0n) is 6.78. The largest absolute Gasteiger partial charge is 0.393 e. The van der Waals surface area contributed by atoms with E-state index in [1.807, 2.05) is 6.92 Å². The lowest BCUT2D eigenvalue weighted by atomic mass is 10.2. The average Bonchev–Trinajstić information content (AvgIpc) is 1.93. The van der Waals surface area contributed by atoms with Crippen molar-refractivity contribution in [2.24, 2.45) is 0 Å². The van der Waals surface area contributed by atoms with E-state index in [0.717, 1.165) is 11.4 Å². The summed E-state index contributed by atoms with van der Waals surface area (Å²) in [5.41, 5.74) is 1.74. The average molecular weight is 152 g/mol. The Morgan fingerprint density at radius 2 is 2.18 bits per heavy atom. The molecule has 0 unspecified atom stereocenters. The molecule has 0 amide bonds. The van der Waals surface area contributed by atoms with Gasteiger partial charge in [-0.3, -0.25) is 9.97 Å². The van der Waals surface area contributed by atoms with E-state index in [1.54, 1.807) is 19.3 Å². The standard InChI is InChI=1S/C8H12N2O/c1-6-4-10-8(5-9-6)3-7(2)11/h4-5,7,11H,3H2,1-2H3/t7-/m1/s1. The molecule has 60 valence electrons. The topological polar surface area (TPSA) is 46.0 Å². The Hall–Kier alpha value is -0.960. The highest BCUT2D eigenvalue weighted by atomic mass is 16.3. The van der Waals surface area contributed by atoms with Crippen LogP contribution in [0.25, 0.3) is 0 Å². The monoisotopic (exact) mass is 152 g/mol. The molecular weight excluding hydrogens is 140 g/mol. The van der Waals surface area contributed by atoms with Crippen molar-refractivity contribution in [3.63, 3.8) is 0 Å². The first-order valence-corrected chi connectivity index (χ1v) is 3.64. The van der Waals surface area contributed by atoms with Gasteiger partial charge in [-0.2, -0.15) is 0 Å². The van der Waals surface area contributed by atoms with Crippen LogP contribution in [-0.2, 0) is 6.42 Å². The number of hydrogen-bond acceptors (Lipinski definition) is 3. The second-order valence-electron chi connectivity index (χ2n) is 2.70. The predicted molar refractivity (Wildman–Crippen MR) is 42.2 cm³/mol. The van der Waals surface area contributed by atoms with Crippen molar-refractivity contribution < 1.29 is 5.11 Å². The number of aliphatic hydroxyl groups excluding tert-OH is 1. The lowest BCUT2D eigenvalue weighted by Gasteiger charge is -2.01. The molecule has 0 aliphatic rings. The van der Waals surface area contributed by atoms with Crippen LogP contribution in [0, 0.1) is 6.92 Å². The fraction of sp³-hybridized carbons (Fsp3) is 0.500. The maximum Gasteiger partial charge on any atom is 0.0612 e. The summed E-state index contributed by atoms with van der Waals surface area (Å²) in [5, 5.41) is 9.01. The van der Waals surface area contributed by atoms with Gasteiger partial charge in [0.15, 0.2) is 0 Å². The highest BCUT2D eigenvalue weighted by Crippen LogP contribution is 1.97. The number of aromatic nitrogens is 2. The maximum atomic E-state index is 9.01. The third kappa shape index (κ3) is 2.63. The number of aliphatic hydroxyl groups is 1. The van der Waals surface area contributed by atoms with Crippen molar-refractivity contribution in [3.05, 3.63) is 23.8 Å². The molecule has 3 heteroatoms. The molecule has 1 rings (SSSR count). The summed E-state index contributed by atoms with van der Waals surface area (Å²) in [4.78, 5) is 8.15. The number of rotatable bonds is 2. The Labute approximate surface area is 66.1 Å². The Kier molecular flexibility index (Phi) is 2.54. The molecule has 0 radical (unpaired) electrons. The van der Waals surface area contributed by atoms with E-state index in [-0.39, 0.29) is 6.10 Å². The Morgan fingerprint density at radius 1 is 1.45 bits per heavy atom. The zero-order valence-corrected chi connectivity index (χ0v) is 6.78. The van der Waals surface area contributed by atoms with Crippen molar-refractivity contribution >= 4 is 0 Å². The van der Waals surface area contributed by atoms with Crippen LogP contribution in [0.3, 0.4) is 0 Å². The van der Waals surface area contributed by atoms with Crippen molar-refractivity contribution in [1.29, 1.82) is 0 Å². The van der Waals surface area contributed by atoms with E-state index in [2.05, 4.69) is 9.97 Å². The Bertz CT molecular complexity index is 218. The molecule has 1 N–H and O–H groups in total. The molecule has 0 fully saturated rings. The molecule has 0 saturated carbocycles. The molecule has 0 aliphatic carbocycles. The van der Waals surface area contributed by atoms with Crippen LogP contribution in [0.2, 0.25) is 0 Å². The van der Waals surface area contributed by atoms with E-state index in [9.17, 15) is 0 Å². The fourth-order valence-electron chi connectivity index (χ4n) is 0.827. The van der Waals surface area contributed by atoms with Gasteiger partial charge in [0.05, 0.1) is 17.5 Å². The quantitative estimate of drug-likeness (QED) is 0.678. The first-order chi connectivity index (χ1) is 5.18. The van der Waals surface area contributed by atoms with Gasteiger partial charge in [-0.05, 0) is 13.8 Å². The van der Waals surface area contributed by atoms with Crippen LogP contribution in [0.15, 0.2) is 12.4 Å². The second kappa shape index (κ2) is 3.44. The molecular formula is C8H12N2O. The molecule has 0 bridgehead atoms. The summed E-state index contributed by atoms with van der Waals surface area (Å²) in [5.74, 6) is 0. The molecule has 3 nitrogen and oxygen atoms in total. The minimum Gasteiger partial charge on any atom is -0.393 e. The highest BCUT2D eigenvalue weighted by Gasteiger charge is 1.99. The van der Waals surface area contributed by atoms with E-state index in [4.69, 9.17) is 5.11 Å². The number of nitrogens with zero attached hydrogens (tertiary/aromatic N) is 2. The van der Waals surface area contributed by atoms with Gasteiger partial charge in [0.25, 0.3) is 0 Å². The third-order valence-corrected chi connectivity index (χ3v) is 1.34. The third-order valence-electron chi connectivity index (χ3n) is 1.34. The lowest BCUT2D eigenvalue weighted by Crippen LogP contribution is -2.06. The normalized spacial score (nSPS) is 13.0. The minimum atomic E-state index is -0.341. The second-order valence-corrected chi connectivity index (χ2v) is 2.70. The van der Waals surface area contributed by atoms with E-state index < -0.39 is 0 Å². The molecule has 0 saturated heterocycles. The molecule has 0 spiro atoms. The van der Waals surface area contributed by atoms with E-state index in [0.29, 0.717) is 6.42 Å². The summed E-state index contributed by atoms with van der Waals surface area (Å²) < 4.78 is 0. The summed E-state index contributed by atoms with van der Waals surface area (Å²) in [6.07, 6.45) is 3.64. The Balaban J connectivity index is 2.66. The minimum absolute atomic E-state index is 0.341. The van der Waals surface area contributed by atoms with E-state index >= 15 is 0 Å². The summed E-state index contributed by atoms with van der Waals surface area (Å²) in [7, 11) is 0. The zero-order chi connectivity index (χ0) is 8.27. The van der Waals surface area contributed by atoms with Gasteiger partial charge in [-0.25, -0.2) is 0 Å². The molecule has 1 atom stereocenters. The smallest absolute Gasteiger partial charge is 0.0612 e. The highest BCUT2D eigenvalue weighted by molar-refractivity contribution is 5.01. The maximum absolute atomic E-state index is 9.01. The number of aryl methyl sites for hydroxylation is 1. The van der Waals surface area contributed by atoms with Crippen LogP contribution < -0.4 is 0 Å². The van der Waals surface area contributed by atoms with Gasteiger partial charge in [0.1, 0.15) is 0 Å². The summed E-state index contributed by atoms with van der Waals surface area (Å²) in [6, 6.07) is 0. The summed E-state index contributed by atoms with van der Waals surface area (Å²) >= 11 is 0.